The van der Waals surface area contributed by atoms with Gasteiger partial charge < -0.3 is 9.88 Å². The third kappa shape index (κ3) is 4.04. The molecule has 1 N–H and O–H groups in total. The number of aryl methyl sites for hydroxylation is 1. The Morgan fingerprint density at radius 1 is 1.50 bits per heavy atom. The number of carbonyl (C=O) groups excluding carboxylic acids is 1. The summed E-state index contributed by atoms with van der Waals surface area (Å²) in [6.07, 6.45) is 3.11. The van der Waals surface area contributed by atoms with Crippen LogP contribution in [0.25, 0.3) is 10.2 Å². The monoisotopic (exact) mass is 391 g/mol. The van der Waals surface area contributed by atoms with Crippen LogP contribution in [-0.4, -0.2) is 39.6 Å². The Morgan fingerprint density at radius 2 is 2.27 bits per heavy atom. The van der Waals surface area contributed by atoms with E-state index in [0.29, 0.717) is 24.2 Å². The van der Waals surface area contributed by atoms with E-state index in [9.17, 15) is 9.59 Å². The van der Waals surface area contributed by atoms with Gasteiger partial charge in [-0.2, -0.15) is 0 Å². The standard InChI is InChI=1S/C19H25N3O2S2/c1-5-22(9-11(2)3)15(23)10-25-19-20-17(24)16-13-7-6-12(4)8-14(13)26-18(16)21-19/h12H,2,5-10H2,1,3-4H3,(H,20,21,24)/t12-/m0/s1. The lowest BCUT2D eigenvalue weighted by molar-refractivity contribution is -0.127. The summed E-state index contributed by atoms with van der Waals surface area (Å²) in [5.41, 5.74) is 2.06. The van der Waals surface area contributed by atoms with Crippen molar-refractivity contribution in [2.75, 3.05) is 18.8 Å². The molecule has 0 saturated carbocycles. The van der Waals surface area contributed by atoms with Gasteiger partial charge in [0.05, 0.1) is 11.1 Å². The molecule has 26 heavy (non-hydrogen) atoms. The van der Waals surface area contributed by atoms with Crippen molar-refractivity contribution in [2.45, 2.75) is 45.2 Å². The Labute approximate surface area is 161 Å². The van der Waals surface area contributed by atoms with Gasteiger partial charge in [-0.1, -0.05) is 30.8 Å². The largest absolute Gasteiger partial charge is 0.338 e. The number of H-pyrrole nitrogens is 1. The van der Waals surface area contributed by atoms with E-state index in [0.717, 1.165) is 35.1 Å². The van der Waals surface area contributed by atoms with Gasteiger partial charge >= 0.3 is 0 Å². The molecule has 5 nitrogen and oxygen atoms in total. The van der Waals surface area contributed by atoms with Crippen molar-refractivity contribution in [3.63, 3.8) is 0 Å². The molecule has 0 spiro atoms. The zero-order valence-corrected chi connectivity index (χ0v) is 17.2. The number of amides is 1. The van der Waals surface area contributed by atoms with Crippen LogP contribution in [0.3, 0.4) is 0 Å². The molecule has 0 aromatic carbocycles. The first-order valence-electron chi connectivity index (χ1n) is 8.98. The first kappa shape index (κ1) is 19.2. The number of nitrogens with one attached hydrogen (secondary N) is 1. The van der Waals surface area contributed by atoms with Crippen LogP contribution < -0.4 is 5.56 Å². The number of thiophene rings is 1. The van der Waals surface area contributed by atoms with Crippen LogP contribution in [0.5, 0.6) is 0 Å². The molecule has 1 atom stereocenters. The summed E-state index contributed by atoms with van der Waals surface area (Å²) in [4.78, 5) is 36.3. The molecule has 2 heterocycles. The second kappa shape index (κ2) is 7.96. The van der Waals surface area contributed by atoms with E-state index >= 15 is 0 Å². The molecule has 1 aliphatic rings. The average molecular weight is 392 g/mol. The highest BCUT2D eigenvalue weighted by Gasteiger charge is 2.23. The molecule has 3 rings (SSSR count). The van der Waals surface area contributed by atoms with Gasteiger partial charge in [0.15, 0.2) is 5.16 Å². The van der Waals surface area contributed by atoms with Gasteiger partial charge in [-0.25, -0.2) is 4.98 Å². The van der Waals surface area contributed by atoms with Gasteiger partial charge in [0.2, 0.25) is 5.91 Å². The third-order valence-corrected chi connectivity index (χ3v) is 6.68. The highest BCUT2D eigenvalue weighted by Crippen LogP contribution is 2.36. The number of likely N-dealkylation sites (N-methyl/N-ethyl adjacent to an activating group) is 1. The third-order valence-electron chi connectivity index (χ3n) is 4.67. The quantitative estimate of drug-likeness (QED) is 0.464. The average Bonchev–Trinajstić information content (AvgIpc) is 2.94. The van der Waals surface area contributed by atoms with Crippen molar-refractivity contribution in [3.05, 3.63) is 32.9 Å². The molecule has 140 valence electrons. The number of hydrogen-bond donors (Lipinski definition) is 1. The molecule has 0 saturated heterocycles. The lowest BCUT2D eigenvalue weighted by Crippen LogP contribution is -2.33. The molecule has 0 bridgehead atoms. The van der Waals surface area contributed by atoms with Crippen molar-refractivity contribution in [2.24, 2.45) is 5.92 Å². The highest BCUT2D eigenvalue weighted by molar-refractivity contribution is 7.99. The van der Waals surface area contributed by atoms with E-state index in [-0.39, 0.29) is 17.2 Å². The minimum Gasteiger partial charge on any atom is -0.338 e. The highest BCUT2D eigenvalue weighted by atomic mass is 32.2. The van der Waals surface area contributed by atoms with Crippen molar-refractivity contribution >= 4 is 39.2 Å². The summed E-state index contributed by atoms with van der Waals surface area (Å²) < 4.78 is 0. The van der Waals surface area contributed by atoms with E-state index < -0.39 is 0 Å². The Hall–Kier alpha value is -1.60. The predicted molar refractivity (Wildman–Crippen MR) is 109 cm³/mol. The lowest BCUT2D eigenvalue weighted by Gasteiger charge is -2.20. The number of nitrogens with zero attached hydrogens (tertiary/aromatic N) is 2. The number of rotatable bonds is 6. The summed E-state index contributed by atoms with van der Waals surface area (Å²) in [7, 11) is 0. The molecule has 0 unspecified atom stereocenters. The Morgan fingerprint density at radius 3 is 2.96 bits per heavy atom. The minimum absolute atomic E-state index is 0.0301. The topological polar surface area (TPSA) is 66.1 Å². The Balaban J connectivity index is 1.78. The summed E-state index contributed by atoms with van der Waals surface area (Å²) in [6.45, 7) is 11.2. The molecular weight excluding hydrogens is 366 g/mol. The van der Waals surface area contributed by atoms with E-state index in [1.807, 2.05) is 13.8 Å². The van der Waals surface area contributed by atoms with Crippen LogP contribution in [-0.2, 0) is 17.6 Å². The van der Waals surface area contributed by atoms with Crippen LogP contribution in [0.4, 0.5) is 0 Å². The normalized spacial score (nSPS) is 16.5. The van der Waals surface area contributed by atoms with E-state index in [1.54, 1.807) is 16.2 Å². The van der Waals surface area contributed by atoms with Crippen molar-refractivity contribution in [3.8, 4) is 0 Å². The van der Waals surface area contributed by atoms with Crippen molar-refractivity contribution in [1.29, 1.82) is 0 Å². The molecule has 2 aromatic heterocycles. The number of fused-ring (bicyclic) bond motifs is 3. The summed E-state index contributed by atoms with van der Waals surface area (Å²) in [5.74, 6) is 0.953. The van der Waals surface area contributed by atoms with Gasteiger partial charge in [-0.3, -0.25) is 9.59 Å². The van der Waals surface area contributed by atoms with E-state index in [2.05, 4.69) is 23.5 Å². The van der Waals surface area contributed by atoms with E-state index in [4.69, 9.17) is 0 Å². The second-order valence-corrected chi connectivity index (χ2v) is 9.10. The van der Waals surface area contributed by atoms with Crippen LogP contribution in [0.2, 0.25) is 0 Å². The number of carbonyl (C=O) groups is 1. The second-order valence-electron chi connectivity index (χ2n) is 7.06. The fourth-order valence-corrected chi connectivity index (χ4v) is 5.53. The molecule has 0 radical (unpaired) electrons. The fraction of sp³-hybridized carbons (Fsp3) is 0.526. The summed E-state index contributed by atoms with van der Waals surface area (Å²) in [6, 6.07) is 0. The SMILES string of the molecule is C=C(C)CN(CC)C(=O)CSc1nc2sc3c(c2c(=O)[nH]1)CC[C@H](C)C3. The summed E-state index contributed by atoms with van der Waals surface area (Å²) in [5, 5.41) is 1.28. The number of thioether (sulfide) groups is 1. The van der Waals surface area contributed by atoms with Gasteiger partial charge in [0.1, 0.15) is 4.83 Å². The van der Waals surface area contributed by atoms with Crippen molar-refractivity contribution in [1.82, 2.24) is 14.9 Å². The number of aromatic amines is 1. The predicted octanol–water partition coefficient (Wildman–Crippen LogP) is 3.63. The fourth-order valence-electron chi connectivity index (χ4n) is 3.32. The van der Waals surface area contributed by atoms with E-state index in [1.165, 1.54) is 22.2 Å². The smallest absolute Gasteiger partial charge is 0.260 e. The van der Waals surface area contributed by atoms with Crippen molar-refractivity contribution < 1.29 is 4.79 Å². The first-order chi connectivity index (χ1) is 12.4. The maximum Gasteiger partial charge on any atom is 0.260 e. The number of aromatic nitrogens is 2. The molecule has 0 aliphatic heterocycles. The Bertz CT molecular complexity index is 900. The zero-order valence-electron chi connectivity index (χ0n) is 15.6. The maximum atomic E-state index is 12.6. The Kier molecular flexibility index (Phi) is 5.87. The molecule has 0 fully saturated rings. The van der Waals surface area contributed by atoms with Crippen LogP contribution in [0.1, 0.15) is 37.6 Å². The van der Waals surface area contributed by atoms with Crippen LogP contribution >= 0.6 is 23.1 Å². The molecule has 2 aromatic rings. The van der Waals surface area contributed by atoms with Crippen LogP contribution in [0.15, 0.2) is 22.1 Å². The van der Waals surface area contributed by atoms with Crippen LogP contribution in [0, 0.1) is 5.92 Å². The number of hydrogen-bond acceptors (Lipinski definition) is 5. The van der Waals surface area contributed by atoms with Gasteiger partial charge in [0, 0.05) is 18.0 Å². The van der Waals surface area contributed by atoms with Gasteiger partial charge in [0.25, 0.3) is 5.56 Å². The lowest BCUT2D eigenvalue weighted by atomic mass is 9.89. The summed E-state index contributed by atoms with van der Waals surface area (Å²) >= 11 is 2.93. The zero-order chi connectivity index (χ0) is 18.8. The van der Waals surface area contributed by atoms with Gasteiger partial charge in [-0.15, -0.1) is 11.3 Å². The molecule has 1 amide bonds. The maximum absolute atomic E-state index is 12.6. The first-order valence-corrected chi connectivity index (χ1v) is 10.8. The molecule has 1 aliphatic carbocycles. The molecular formula is C19H25N3O2S2. The minimum atomic E-state index is -0.0775. The molecule has 7 heteroatoms. The van der Waals surface area contributed by atoms with Gasteiger partial charge in [-0.05, 0) is 44.6 Å².